The van der Waals surface area contributed by atoms with Gasteiger partial charge in [-0.05, 0) is 24.1 Å². The minimum atomic E-state index is -3.67. The van der Waals surface area contributed by atoms with Gasteiger partial charge in [0.05, 0.1) is 6.26 Å². The predicted octanol–water partition coefficient (Wildman–Crippen LogP) is 3.01. The quantitative estimate of drug-likeness (QED) is 0.674. The Morgan fingerprint density at radius 2 is 1.53 bits per heavy atom. The molecule has 8 heteroatoms. The molecule has 0 atom stereocenters. The molecular weight excluding hydrogens is 444 g/mol. The fraction of sp³-hybridized carbons (Fsp3) is 0.333. The van der Waals surface area contributed by atoms with Crippen LogP contribution in [-0.2, 0) is 16.5 Å². The van der Waals surface area contributed by atoms with Gasteiger partial charge in [-0.15, -0.1) is 0 Å². The van der Waals surface area contributed by atoms with Crippen LogP contribution in [0.5, 0.6) is 0 Å². The Morgan fingerprint density at radius 1 is 1.18 bits per heavy atom. The van der Waals surface area contributed by atoms with E-state index in [2.05, 4.69) is 47.8 Å². The summed E-state index contributed by atoms with van der Waals surface area (Å²) in [5.41, 5.74) is 1.10. The van der Waals surface area contributed by atoms with Crippen LogP contribution in [0.1, 0.15) is 5.56 Å². The van der Waals surface area contributed by atoms with E-state index in [9.17, 15) is 8.42 Å². The molecule has 1 aromatic carbocycles. The van der Waals surface area contributed by atoms with Gasteiger partial charge in [0, 0.05) is 20.0 Å². The van der Waals surface area contributed by atoms with Crippen molar-refractivity contribution in [2.75, 3.05) is 12.9 Å². The molecule has 0 spiro atoms. The number of hydrogen-bond acceptors (Lipinski definition) is 3. The van der Waals surface area contributed by atoms with E-state index in [4.69, 9.17) is 9.66 Å². The van der Waals surface area contributed by atoms with Crippen molar-refractivity contribution in [1.82, 2.24) is 0 Å². The second kappa shape index (κ2) is 7.85. The van der Waals surface area contributed by atoms with Crippen LogP contribution >= 0.6 is 47.8 Å². The predicted molar refractivity (Wildman–Crippen MR) is 77.8 cm³/mol. The van der Waals surface area contributed by atoms with Crippen molar-refractivity contribution in [2.24, 2.45) is 0 Å². The summed E-state index contributed by atoms with van der Waals surface area (Å²) in [6.07, 6.45) is 1.38. The van der Waals surface area contributed by atoms with Gasteiger partial charge in [0.2, 0.25) is 0 Å². The highest BCUT2D eigenvalue weighted by atomic mass is 79.9. The van der Waals surface area contributed by atoms with Crippen LogP contribution in [0.3, 0.4) is 0 Å². The third kappa shape index (κ3) is 9.15. The number of rotatable bonds is 2. The van der Waals surface area contributed by atoms with Gasteiger partial charge in [-0.3, -0.25) is 4.55 Å². The Morgan fingerprint density at radius 3 is 1.82 bits per heavy atom. The zero-order valence-corrected chi connectivity index (χ0v) is 14.4. The summed E-state index contributed by atoms with van der Waals surface area (Å²) >= 11 is 10.2. The molecule has 17 heavy (non-hydrogen) atoms. The summed E-state index contributed by atoms with van der Waals surface area (Å²) in [4.78, 5) is 0. The fourth-order valence-electron chi connectivity index (χ4n) is 0.923. The average molecular weight is 455 g/mol. The van der Waals surface area contributed by atoms with Gasteiger partial charge in [-0.1, -0.05) is 47.8 Å². The number of hydrogen-bond donors (Lipinski definition) is 2. The SMILES string of the molecule is CS(=O)(=O)O.OCCc1c(Br)cc(Br)cc1Br. The molecule has 0 amide bonds. The first-order valence-electron chi connectivity index (χ1n) is 4.32. The smallest absolute Gasteiger partial charge is 0.261 e. The molecule has 4 nitrogen and oxygen atoms in total. The summed E-state index contributed by atoms with van der Waals surface area (Å²) in [6, 6.07) is 3.94. The number of benzene rings is 1. The third-order valence-corrected chi connectivity index (χ3v) is 3.34. The average Bonchev–Trinajstić information content (AvgIpc) is 2.08. The first kappa shape index (κ1) is 17.5. The molecule has 1 aromatic rings. The molecule has 0 aromatic heterocycles. The Hall–Kier alpha value is 0.530. The summed E-state index contributed by atoms with van der Waals surface area (Å²) in [7, 11) is -3.67. The first-order valence-corrected chi connectivity index (χ1v) is 8.54. The van der Waals surface area contributed by atoms with E-state index >= 15 is 0 Å². The minimum absolute atomic E-state index is 0.166. The molecule has 0 heterocycles. The lowest BCUT2D eigenvalue weighted by Gasteiger charge is -2.05. The molecule has 0 radical (unpaired) electrons. The summed E-state index contributed by atoms with van der Waals surface area (Å²) in [5.74, 6) is 0. The lowest BCUT2D eigenvalue weighted by molar-refractivity contribution is 0.299. The highest BCUT2D eigenvalue weighted by Crippen LogP contribution is 2.29. The lowest BCUT2D eigenvalue weighted by atomic mass is 10.2. The molecular formula is C9H11Br3O4S. The van der Waals surface area contributed by atoms with E-state index in [-0.39, 0.29) is 6.61 Å². The van der Waals surface area contributed by atoms with E-state index < -0.39 is 10.1 Å². The van der Waals surface area contributed by atoms with E-state index in [1.165, 1.54) is 0 Å². The molecule has 1 rings (SSSR count). The van der Waals surface area contributed by atoms with Crippen LogP contribution < -0.4 is 0 Å². The highest BCUT2D eigenvalue weighted by molar-refractivity contribution is 9.11. The minimum Gasteiger partial charge on any atom is -0.396 e. The molecule has 0 bridgehead atoms. The zero-order chi connectivity index (χ0) is 13.6. The second-order valence-electron chi connectivity index (χ2n) is 3.05. The normalized spacial score (nSPS) is 10.7. The molecule has 0 aliphatic heterocycles. The van der Waals surface area contributed by atoms with Crippen molar-refractivity contribution in [1.29, 1.82) is 0 Å². The topological polar surface area (TPSA) is 74.6 Å². The Bertz CT molecular complexity index is 442. The molecule has 0 unspecified atom stereocenters. The molecule has 0 fully saturated rings. The van der Waals surface area contributed by atoms with Gasteiger partial charge in [-0.25, -0.2) is 0 Å². The molecule has 98 valence electrons. The highest BCUT2D eigenvalue weighted by Gasteiger charge is 2.05. The van der Waals surface area contributed by atoms with Gasteiger partial charge < -0.3 is 5.11 Å². The van der Waals surface area contributed by atoms with E-state index in [1.807, 2.05) is 12.1 Å². The Kier molecular flexibility index (Phi) is 8.10. The van der Waals surface area contributed by atoms with Crippen LogP contribution in [0, 0.1) is 0 Å². The van der Waals surface area contributed by atoms with Crippen LogP contribution in [0.2, 0.25) is 0 Å². The first-order chi connectivity index (χ1) is 7.65. The van der Waals surface area contributed by atoms with Gasteiger partial charge in [-0.2, -0.15) is 8.42 Å². The van der Waals surface area contributed by atoms with Gasteiger partial charge in [0.1, 0.15) is 0 Å². The van der Waals surface area contributed by atoms with Crippen LogP contribution in [0.15, 0.2) is 25.6 Å². The largest absolute Gasteiger partial charge is 0.396 e. The van der Waals surface area contributed by atoms with E-state index in [0.717, 1.165) is 19.0 Å². The van der Waals surface area contributed by atoms with Gasteiger partial charge >= 0.3 is 0 Å². The van der Waals surface area contributed by atoms with Crippen LogP contribution in [-0.4, -0.2) is 30.9 Å². The summed E-state index contributed by atoms with van der Waals surface area (Å²) in [5, 5.41) is 8.78. The number of aliphatic hydroxyl groups excluding tert-OH is 1. The Balaban J connectivity index is 0.000000437. The van der Waals surface area contributed by atoms with Crippen LogP contribution in [0.25, 0.3) is 0 Å². The van der Waals surface area contributed by atoms with Crippen molar-refractivity contribution in [2.45, 2.75) is 6.42 Å². The number of halogens is 3. The maximum absolute atomic E-state index is 9.19. The van der Waals surface area contributed by atoms with Gasteiger partial charge in [0.25, 0.3) is 10.1 Å². The van der Waals surface area contributed by atoms with Crippen molar-refractivity contribution in [3.63, 3.8) is 0 Å². The third-order valence-electron chi connectivity index (χ3n) is 1.47. The zero-order valence-electron chi connectivity index (χ0n) is 8.82. The van der Waals surface area contributed by atoms with E-state index in [0.29, 0.717) is 12.7 Å². The monoisotopic (exact) mass is 452 g/mol. The van der Waals surface area contributed by atoms with Crippen molar-refractivity contribution < 1.29 is 18.1 Å². The fourth-order valence-corrected chi connectivity index (χ4v) is 3.58. The number of aliphatic hydroxyl groups is 1. The van der Waals surface area contributed by atoms with Gasteiger partial charge in [0.15, 0.2) is 0 Å². The molecule has 0 saturated carbocycles. The van der Waals surface area contributed by atoms with Crippen molar-refractivity contribution in [3.05, 3.63) is 31.1 Å². The van der Waals surface area contributed by atoms with Crippen LogP contribution in [0.4, 0.5) is 0 Å². The molecule has 0 saturated heterocycles. The molecule has 2 N–H and O–H groups in total. The second-order valence-corrected chi connectivity index (χ2v) is 7.15. The van der Waals surface area contributed by atoms with E-state index in [1.54, 1.807) is 0 Å². The Labute approximate surface area is 126 Å². The summed E-state index contributed by atoms with van der Waals surface area (Å²) in [6.45, 7) is 0.166. The van der Waals surface area contributed by atoms with Crippen molar-refractivity contribution >= 4 is 57.9 Å². The lowest BCUT2D eigenvalue weighted by Crippen LogP contribution is -1.93. The summed E-state index contributed by atoms with van der Waals surface area (Å²) < 4.78 is 28.9. The maximum atomic E-state index is 9.19. The standard InChI is InChI=1S/C8H7Br3O.CH4O3S/c9-5-3-7(10)6(1-2-12)8(11)4-5;1-5(2,3)4/h3-4,12H,1-2H2;1H3,(H,2,3,4). The molecule has 0 aliphatic carbocycles. The maximum Gasteiger partial charge on any atom is 0.261 e. The van der Waals surface area contributed by atoms with Crippen molar-refractivity contribution in [3.8, 4) is 0 Å². The molecule has 0 aliphatic rings.